The van der Waals surface area contributed by atoms with E-state index in [9.17, 15) is 0 Å². The van der Waals surface area contributed by atoms with Gasteiger partial charge in [-0.25, -0.2) is 0 Å². The molecule has 0 aliphatic heterocycles. The van der Waals surface area contributed by atoms with E-state index in [0.29, 0.717) is 0 Å². The van der Waals surface area contributed by atoms with Crippen LogP contribution in [0.1, 0.15) is 0 Å². The minimum absolute atomic E-state index is 0. The van der Waals surface area contributed by atoms with Crippen LogP contribution in [0.3, 0.4) is 0 Å². The molecule has 0 N–H and O–H groups in total. The van der Waals surface area contributed by atoms with Gasteiger partial charge in [0.2, 0.25) is 0 Å². The average Bonchev–Trinajstić information content (AvgIpc) is 2.33. The van der Waals surface area contributed by atoms with E-state index in [0.717, 1.165) is 0 Å². The summed E-state index contributed by atoms with van der Waals surface area (Å²) < 4.78 is 37.5. The summed E-state index contributed by atoms with van der Waals surface area (Å²) in [6.07, 6.45) is 0. The standard InChI is InChI=1S/CN.5CO.Mo.Na/c6*1-2;;/q-1;;;;;;;. The number of hydrogen-bond donors (Lipinski definition) is 0. The molecule has 0 bridgehead atoms. The Labute approximate surface area is 118 Å². The summed E-state index contributed by atoms with van der Waals surface area (Å²) in [7, 11) is 0. The maximum atomic E-state index is 7.50. The second-order valence-electron chi connectivity index (χ2n) is 0. The van der Waals surface area contributed by atoms with Gasteiger partial charge in [-0.05, 0) is 0 Å². The summed E-state index contributed by atoms with van der Waals surface area (Å²) in [5.74, 6) is 0. The first-order chi connectivity index (χ1) is 6.00. The average molecular weight is 285 g/mol. The molecule has 0 aromatic carbocycles. The molecule has 0 rings (SSSR count). The Balaban J connectivity index is -0.00000000500. The summed E-state index contributed by atoms with van der Waals surface area (Å²) in [6, 6.07) is 0. The summed E-state index contributed by atoms with van der Waals surface area (Å²) in [5.41, 5.74) is 0. The van der Waals surface area contributed by atoms with Crippen molar-refractivity contribution in [2.75, 3.05) is 0 Å². The molecular weight excluding hydrogens is 285 g/mol. The van der Waals surface area contributed by atoms with Crippen LogP contribution < -0.4 is 0 Å². The van der Waals surface area contributed by atoms with Gasteiger partial charge in [-0.3, -0.25) is 0 Å². The minimum atomic E-state index is 0. The minimum Gasteiger partial charge on any atom is 0 e. The Morgan fingerprint density at radius 1 is 0.500 bits per heavy atom. The third-order valence-corrected chi connectivity index (χ3v) is 0. The molecule has 0 fully saturated rings. The molecule has 0 amide bonds. The van der Waals surface area contributed by atoms with E-state index in [1.54, 1.807) is 0 Å². The number of rotatable bonds is 0. The molecule has 0 heterocycles. The number of nitrogens with zero attached hydrogens (tertiary/aromatic N) is 1. The second-order valence-corrected chi connectivity index (χ2v) is 0. The van der Waals surface area contributed by atoms with Gasteiger partial charge >= 0.3 is 56.5 Å². The summed E-state index contributed by atoms with van der Waals surface area (Å²) in [4.78, 5) is 0. The van der Waals surface area contributed by atoms with Crippen molar-refractivity contribution in [2.24, 2.45) is 0 Å². The van der Waals surface area contributed by atoms with Crippen LogP contribution in [0.5, 0.6) is 0 Å². The Morgan fingerprint density at radius 3 is 0.500 bits per heavy atom. The smallest absolute Gasteiger partial charge is 0 e. The number of hydrogen-bond acceptors (Lipinski definition) is 1. The zero-order chi connectivity index (χ0) is 12.0. The quantitative estimate of drug-likeness (QED) is 0.333. The largest absolute Gasteiger partial charge is 0 e. The monoisotopic (exact) mass is 287 g/mol. The fourth-order valence-corrected chi connectivity index (χ4v) is 0. The van der Waals surface area contributed by atoms with Gasteiger partial charge in [0.05, 0.1) is 0 Å². The third-order valence-electron chi connectivity index (χ3n) is 0. The van der Waals surface area contributed by atoms with Crippen molar-refractivity contribution < 1.29 is 44.3 Å². The van der Waals surface area contributed by atoms with Crippen molar-refractivity contribution in [3.63, 3.8) is 0 Å². The van der Waals surface area contributed by atoms with Crippen LogP contribution in [-0.2, 0) is 44.3 Å². The fourth-order valence-electron chi connectivity index (χ4n) is 0. The van der Waals surface area contributed by atoms with E-state index >= 15 is 0 Å². The Kier molecular flexibility index (Phi) is 584000. The van der Waals surface area contributed by atoms with Crippen LogP contribution >= 0.6 is 0 Å². The van der Waals surface area contributed by atoms with Crippen LogP contribution in [0, 0.1) is 45.1 Å². The second kappa shape index (κ2) is 123000. The summed E-state index contributed by atoms with van der Waals surface area (Å²) in [6.45, 7) is 27.2. The van der Waals surface area contributed by atoms with Gasteiger partial charge in [0, 0.05) is 50.6 Å². The normalized spacial score (nSPS) is 0.857. The van der Waals surface area contributed by atoms with Gasteiger partial charge in [0.1, 0.15) is 0 Å². The first-order valence-electron chi connectivity index (χ1n) is 1.24. The molecule has 0 aliphatic carbocycles. The van der Waals surface area contributed by atoms with Crippen LogP contribution in [0.25, 0.3) is 0 Å². The molecule has 0 saturated carbocycles. The first kappa shape index (κ1) is 66.6. The van der Waals surface area contributed by atoms with E-state index in [1.165, 1.54) is 0 Å². The van der Waals surface area contributed by atoms with Crippen molar-refractivity contribution in [1.82, 2.24) is 0 Å². The Morgan fingerprint density at radius 2 is 0.500 bits per heavy atom. The maximum absolute atomic E-state index is 7.50. The van der Waals surface area contributed by atoms with Crippen LogP contribution in [-0.4, -0.2) is 29.6 Å². The maximum Gasteiger partial charge on any atom is 0 e. The topological polar surface area (TPSA) is 123 Å². The molecule has 0 saturated heterocycles. The van der Waals surface area contributed by atoms with Crippen molar-refractivity contribution in [3.8, 4) is 0 Å². The van der Waals surface area contributed by atoms with Gasteiger partial charge in [-0.15, -0.1) is 0 Å². The predicted octanol–water partition coefficient (Wildman–Crippen LogP) is -0.474. The molecule has 0 atom stereocenters. The molecule has 0 aliphatic rings. The van der Waals surface area contributed by atoms with Crippen molar-refractivity contribution in [2.45, 2.75) is 0 Å². The van der Waals surface area contributed by atoms with E-state index < -0.39 is 0 Å². The zero-order valence-corrected chi connectivity index (χ0v) is 10.9. The van der Waals surface area contributed by atoms with E-state index in [2.05, 4.69) is 33.3 Å². The summed E-state index contributed by atoms with van der Waals surface area (Å²) >= 11 is 0. The SMILES string of the molecule is [C-]#N.[C-]#[O+].[C-]#[O+].[C-]#[O+].[C-]#[O+].[C-]#[O+].[Mo].[Na]. The van der Waals surface area contributed by atoms with E-state index in [4.69, 9.17) is 35.1 Å². The van der Waals surface area contributed by atoms with Gasteiger partial charge in [-0.2, -0.15) is 0 Å². The van der Waals surface area contributed by atoms with Crippen molar-refractivity contribution >= 4 is 29.6 Å². The molecule has 6 nitrogen and oxygen atoms in total. The molecule has 1 radical (unpaired) electrons. The molecule has 0 spiro atoms. The Bertz CT molecular complexity index is 101. The molecule has 0 unspecified atom stereocenters. The van der Waals surface area contributed by atoms with Crippen LogP contribution in [0.4, 0.5) is 0 Å². The van der Waals surface area contributed by atoms with E-state index in [1.807, 2.05) is 0 Å². The Hall–Kier alpha value is -0.122. The van der Waals surface area contributed by atoms with Gasteiger partial charge in [0.15, 0.2) is 0 Å². The molecule has 14 heavy (non-hydrogen) atoms. The molecule has 67 valence electrons. The first-order valence-corrected chi connectivity index (χ1v) is 1.24. The third kappa shape index (κ3) is 94900. The summed E-state index contributed by atoms with van der Waals surface area (Å²) in [5, 5.41) is 6.25. The van der Waals surface area contributed by atoms with Crippen molar-refractivity contribution in [3.05, 3.63) is 39.8 Å². The molecule has 0 aromatic heterocycles. The zero-order valence-electron chi connectivity index (χ0n) is 6.90. The van der Waals surface area contributed by atoms with Gasteiger partial charge < -0.3 is 11.8 Å². The molecule has 0 aromatic rings. The predicted molar refractivity (Wildman–Crippen MR) is 30.4 cm³/mol. The fraction of sp³-hybridized carbons (Fsp3) is 0. The van der Waals surface area contributed by atoms with Crippen LogP contribution in [0.15, 0.2) is 0 Å². The van der Waals surface area contributed by atoms with Gasteiger partial charge in [0.25, 0.3) is 0 Å². The molecule has 8 heteroatoms. The van der Waals surface area contributed by atoms with Crippen molar-refractivity contribution in [1.29, 1.82) is 5.26 Å². The van der Waals surface area contributed by atoms with Gasteiger partial charge in [-0.1, -0.05) is 0 Å². The van der Waals surface area contributed by atoms with E-state index in [-0.39, 0.29) is 50.6 Å². The van der Waals surface area contributed by atoms with Crippen LogP contribution in [0.2, 0.25) is 0 Å². The molecular formula is C6MoNNaO5-.